The highest BCUT2D eigenvalue weighted by Crippen LogP contribution is 2.30. The van der Waals surface area contributed by atoms with Crippen LogP contribution in [-0.2, 0) is 16.1 Å². The number of rotatable bonds is 9. The number of para-hydroxylation sites is 1. The van der Waals surface area contributed by atoms with Crippen LogP contribution < -0.4 is 15.5 Å². The molecule has 3 amide bonds. The predicted octanol–water partition coefficient (Wildman–Crippen LogP) is 3.83. The van der Waals surface area contributed by atoms with E-state index in [1.165, 1.54) is 42.9 Å². The summed E-state index contributed by atoms with van der Waals surface area (Å²) in [5, 5.41) is 5.21. The third kappa shape index (κ3) is 5.64. The lowest BCUT2D eigenvalue weighted by molar-refractivity contribution is -0.126. The van der Waals surface area contributed by atoms with Gasteiger partial charge in [-0.1, -0.05) is 42.5 Å². The average Bonchev–Trinajstić information content (AvgIpc) is 3.60. The van der Waals surface area contributed by atoms with Crippen molar-refractivity contribution in [3.8, 4) is 0 Å². The van der Waals surface area contributed by atoms with Crippen LogP contribution in [-0.4, -0.2) is 24.3 Å². The van der Waals surface area contributed by atoms with Gasteiger partial charge >= 0.3 is 0 Å². The molecule has 2 aromatic carbocycles. The summed E-state index contributed by atoms with van der Waals surface area (Å²) in [6, 6.07) is 19.3. The number of halogens is 1. The van der Waals surface area contributed by atoms with Gasteiger partial charge in [0.05, 0.1) is 31.3 Å². The second-order valence-electron chi connectivity index (χ2n) is 7.49. The molecule has 178 valence electrons. The molecule has 0 saturated carbocycles. The molecule has 0 radical (unpaired) electrons. The number of furan rings is 2. The summed E-state index contributed by atoms with van der Waals surface area (Å²) in [6.07, 6.45) is 2.81. The van der Waals surface area contributed by atoms with Crippen molar-refractivity contribution in [3.05, 3.63) is 114 Å². The monoisotopic (exact) mass is 475 g/mol. The number of nitrogens with zero attached hydrogens (tertiary/aromatic N) is 1. The lowest BCUT2D eigenvalue weighted by Gasteiger charge is -2.31. The molecule has 0 aliphatic rings. The zero-order valence-corrected chi connectivity index (χ0v) is 18.5. The van der Waals surface area contributed by atoms with Crippen molar-refractivity contribution in [3.63, 3.8) is 0 Å². The predicted molar refractivity (Wildman–Crippen MR) is 125 cm³/mol. The zero-order chi connectivity index (χ0) is 24.6. The van der Waals surface area contributed by atoms with E-state index in [0.717, 1.165) is 4.90 Å². The number of nitrogens with one attached hydrogen (secondary N) is 2. The summed E-state index contributed by atoms with van der Waals surface area (Å²) in [5.41, 5.74) is 0.352. The molecule has 35 heavy (non-hydrogen) atoms. The van der Waals surface area contributed by atoms with E-state index in [0.29, 0.717) is 11.3 Å². The molecule has 0 unspecified atom stereocenters. The van der Waals surface area contributed by atoms with Crippen LogP contribution in [0, 0.1) is 5.82 Å². The first-order chi connectivity index (χ1) is 17.0. The minimum Gasteiger partial charge on any atom is -0.467 e. The largest absolute Gasteiger partial charge is 0.467 e. The highest BCUT2D eigenvalue weighted by atomic mass is 19.1. The Balaban J connectivity index is 1.66. The fourth-order valence-electron chi connectivity index (χ4n) is 3.54. The fraction of sp³-hybridized carbons (Fsp3) is 0.115. The summed E-state index contributed by atoms with van der Waals surface area (Å²) in [6.45, 7) is -0.424. The van der Waals surface area contributed by atoms with Gasteiger partial charge in [-0.3, -0.25) is 19.3 Å². The Morgan fingerprint density at radius 3 is 2.23 bits per heavy atom. The van der Waals surface area contributed by atoms with Crippen LogP contribution in [0.4, 0.5) is 10.1 Å². The number of carbonyl (C=O) groups excluding carboxylic acids is 3. The Labute approximate surface area is 200 Å². The summed E-state index contributed by atoms with van der Waals surface area (Å²) >= 11 is 0. The van der Waals surface area contributed by atoms with Crippen LogP contribution >= 0.6 is 0 Å². The minimum absolute atomic E-state index is 0.0195. The molecule has 9 heteroatoms. The summed E-state index contributed by atoms with van der Waals surface area (Å²) in [7, 11) is 0. The number of hydrogen-bond acceptors (Lipinski definition) is 5. The molecular formula is C26H22FN3O5. The summed E-state index contributed by atoms with van der Waals surface area (Å²) in [4.78, 5) is 40.2. The van der Waals surface area contributed by atoms with E-state index in [1.807, 2.05) is 0 Å². The molecule has 0 aliphatic carbocycles. The van der Waals surface area contributed by atoms with E-state index in [4.69, 9.17) is 8.83 Å². The molecule has 0 aliphatic heterocycles. The van der Waals surface area contributed by atoms with Crippen LogP contribution in [0.1, 0.15) is 27.9 Å². The van der Waals surface area contributed by atoms with Gasteiger partial charge in [-0.15, -0.1) is 0 Å². The van der Waals surface area contributed by atoms with Crippen LogP contribution in [0.5, 0.6) is 0 Å². The molecule has 4 aromatic rings. The minimum atomic E-state index is -1.23. The molecule has 0 saturated heterocycles. The third-order valence-corrected chi connectivity index (χ3v) is 5.16. The molecule has 2 heterocycles. The van der Waals surface area contributed by atoms with Crippen molar-refractivity contribution < 1.29 is 27.6 Å². The van der Waals surface area contributed by atoms with E-state index in [9.17, 15) is 18.8 Å². The van der Waals surface area contributed by atoms with Crippen molar-refractivity contribution >= 4 is 23.4 Å². The van der Waals surface area contributed by atoms with E-state index >= 15 is 0 Å². The molecule has 8 nitrogen and oxygen atoms in total. The van der Waals surface area contributed by atoms with Crippen molar-refractivity contribution in [2.24, 2.45) is 0 Å². The maximum atomic E-state index is 14.9. The Hall–Kier alpha value is -4.66. The highest BCUT2D eigenvalue weighted by molar-refractivity contribution is 6.04. The molecule has 1 atom stereocenters. The topological polar surface area (TPSA) is 105 Å². The van der Waals surface area contributed by atoms with E-state index < -0.39 is 36.1 Å². The maximum absolute atomic E-state index is 14.9. The van der Waals surface area contributed by atoms with Crippen LogP contribution in [0.15, 0.2) is 100 Å². The maximum Gasteiger partial charge on any atom is 0.287 e. The first-order valence-corrected chi connectivity index (χ1v) is 10.8. The van der Waals surface area contributed by atoms with Crippen LogP contribution in [0.3, 0.4) is 0 Å². The van der Waals surface area contributed by atoms with E-state index in [2.05, 4.69) is 10.6 Å². The zero-order valence-electron chi connectivity index (χ0n) is 18.5. The number of anilines is 1. The van der Waals surface area contributed by atoms with Gasteiger partial charge < -0.3 is 19.5 Å². The molecule has 0 spiro atoms. The number of carbonyl (C=O) groups is 3. The summed E-state index contributed by atoms with van der Waals surface area (Å²) in [5.74, 6) is -2.03. The smallest absolute Gasteiger partial charge is 0.287 e. The SMILES string of the molecule is O=C(NCC(=O)N(c1ccccc1F)[C@@H](C(=O)NCc1ccco1)c1ccccc1)c1ccco1. The van der Waals surface area contributed by atoms with Gasteiger partial charge in [-0.05, 0) is 42.0 Å². The average molecular weight is 475 g/mol. The lowest BCUT2D eigenvalue weighted by atomic mass is 10.0. The fourth-order valence-corrected chi connectivity index (χ4v) is 3.54. The van der Waals surface area contributed by atoms with Gasteiger partial charge in [-0.2, -0.15) is 0 Å². The summed E-state index contributed by atoms with van der Waals surface area (Å²) < 4.78 is 25.2. The molecule has 0 fully saturated rings. The van der Waals surface area contributed by atoms with Gasteiger partial charge in [0.25, 0.3) is 5.91 Å². The quantitative estimate of drug-likeness (QED) is 0.383. The van der Waals surface area contributed by atoms with Crippen molar-refractivity contribution in [2.45, 2.75) is 12.6 Å². The van der Waals surface area contributed by atoms with E-state index in [-0.39, 0.29) is 18.0 Å². The Morgan fingerprint density at radius 2 is 1.54 bits per heavy atom. The highest BCUT2D eigenvalue weighted by Gasteiger charge is 2.34. The van der Waals surface area contributed by atoms with Crippen LogP contribution in [0.25, 0.3) is 0 Å². The van der Waals surface area contributed by atoms with Crippen molar-refractivity contribution in [2.75, 3.05) is 11.4 Å². The number of amides is 3. The first-order valence-electron chi connectivity index (χ1n) is 10.8. The third-order valence-electron chi connectivity index (χ3n) is 5.16. The second-order valence-corrected chi connectivity index (χ2v) is 7.49. The van der Waals surface area contributed by atoms with Crippen molar-refractivity contribution in [1.29, 1.82) is 0 Å². The molecular weight excluding hydrogens is 453 g/mol. The molecule has 0 bridgehead atoms. The standard InChI is InChI=1S/C26H22FN3O5/c27-20-11-4-5-12-21(20)30(23(31)17-29-25(32)22-13-7-15-35-22)24(18-8-2-1-3-9-18)26(33)28-16-19-10-6-14-34-19/h1-15,24H,16-17H2,(H,28,33)(H,29,32)/t24-/m1/s1. The van der Waals surface area contributed by atoms with Gasteiger partial charge in [0, 0.05) is 0 Å². The van der Waals surface area contributed by atoms with Gasteiger partial charge in [0.1, 0.15) is 17.6 Å². The normalized spacial score (nSPS) is 11.5. The molecule has 2 N–H and O–H groups in total. The molecule has 2 aromatic heterocycles. The van der Waals surface area contributed by atoms with Gasteiger partial charge in [0.15, 0.2) is 5.76 Å². The Morgan fingerprint density at radius 1 is 0.829 bits per heavy atom. The van der Waals surface area contributed by atoms with Gasteiger partial charge in [-0.25, -0.2) is 4.39 Å². The van der Waals surface area contributed by atoms with Gasteiger partial charge in [0.2, 0.25) is 11.8 Å². The Kier molecular flexibility index (Phi) is 7.37. The van der Waals surface area contributed by atoms with E-state index in [1.54, 1.807) is 48.5 Å². The number of benzene rings is 2. The molecule has 4 rings (SSSR count). The second kappa shape index (κ2) is 11.0. The van der Waals surface area contributed by atoms with Crippen LogP contribution in [0.2, 0.25) is 0 Å². The number of hydrogen-bond donors (Lipinski definition) is 2. The first kappa shape index (κ1) is 23.5. The lowest BCUT2D eigenvalue weighted by Crippen LogP contribution is -2.47. The van der Waals surface area contributed by atoms with Crippen molar-refractivity contribution in [1.82, 2.24) is 10.6 Å². The Bertz CT molecular complexity index is 1270.